The number of amides is 2. The third kappa shape index (κ3) is 6.13. The van der Waals surface area contributed by atoms with Gasteiger partial charge in [0.15, 0.2) is 0 Å². The van der Waals surface area contributed by atoms with Gasteiger partial charge >= 0.3 is 0 Å². The molecule has 1 aliphatic rings. The Bertz CT molecular complexity index is 755. The highest BCUT2D eigenvalue weighted by Gasteiger charge is 2.26. The summed E-state index contributed by atoms with van der Waals surface area (Å²) >= 11 is 0. The van der Waals surface area contributed by atoms with Crippen molar-refractivity contribution in [3.63, 3.8) is 0 Å². The molecular weight excluding hydrogens is 378 g/mol. The van der Waals surface area contributed by atoms with Crippen molar-refractivity contribution in [2.75, 3.05) is 59.2 Å². The first-order valence-electron chi connectivity index (χ1n) is 9.52. The van der Waals surface area contributed by atoms with E-state index in [9.17, 15) is 19.7 Å². The number of hydrogen-bond acceptors (Lipinski definition) is 7. The first-order valence-corrected chi connectivity index (χ1v) is 9.52. The fourth-order valence-electron chi connectivity index (χ4n) is 3.18. The van der Waals surface area contributed by atoms with Crippen LogP contribution in [0.1, 0.15) is 13.3 Å². The first-order chi connectivity index (χ1) is 13.7. The topological polar surface area (TPSA) is 108 Å². The molecule has 29 heavy (non-hydrogen) atoms. The van der Waals surface area contributed by atoms with E-state index < -0.39 is 11.0 Å². The van der Waals surface area contributed by atoms with Crippen LogP contribution in [0.2, 0.25) is 0 Å². The van der Waals surface area contributed by atoms with Crippen molar-refractivity contribution < 1.29 is 19.2 Å². The molecule has 2 amide bonds. The molecule has 2 rings (SSSR count). The van der Waals surface area contributed by atoms with Crippen molar-refractivity contribution >= 4 is 23.2 Å². The zero-order chi connectivity index (χ0) is 21.6. The monoisotopic (exact) mass is 407 g/mol. The molecule has 1 N–H and O–H groups in total. The van der Waals surface area contributed by atoms with E-state index in [1.165, 1.54) is 25.3 Å². The molecule has 1 saturated heterocycles. The third-order valence-corrected chi connectivity index (χ3v) is 5.06. The number of carbonyl (C=O) groups is 2. The number of nitrogens with zero attached hydrogens (tertiary/aromatic N) is 4. The van der Waals surface area contributed by atoms with Crippen LogP contribution in [0.4, 0.5) is 11.4 Å². The van der Waals surface area contributed by atoms with Gasteiger partial charge in [0.2, 0.25) is 11.8 Å². The van der Waals surface area contributed by atoms with E-state index in [1.54, 1.807) is 25.9 Å². The van der Waals surface area contributed by atoms with Gasteiger partial charge < -0.3 is 15.0 Å². The normalized spacial score (nSPS) is 16.6. The van der Waals surface area contributed by atoms with Crippen molar-refractivity contribution in [3.05, 3.63) is 28.3 Å². The Labute approximate surface area is 170 Å². The van der Waals surface area contributed by atoms with Crippen molar-refractivity contribution in [2.24, 2.45) is 0 Å². The lowest BCUT2D eigenvalue weighted by Gasteiger charge is -2.27. The molecule has 10 heteroatoms. The maximum absolute atomic E-state index is 12.8. The highest BCUT2D eigenvalue weighted by atomic mass is 16.6. The van der Waals surface area contributed by atoms with Crippen molar-refractivity contribution in [1.29, 1.82) is 0 Å². The molecule has 1 fully saturated rings. The molecule has 0 aliphatic carbocycles. The van der Waals surface area contributed by atoms with Gasteiger partial charge in [0.1, 0.15) is 5.75 Å². The Morgan fingerprint density at radius 3 is 2.62 bits per heavy atom. The van der Waals surface area contributed by atoms with Gasteiger partial charge in [-0.25, -0.2) is 0 Å². The zero-order valence-corrected chi connectivity index (χ0v) is 17.4. The van der Waals surface area contributed by atoms with Crippen molar-refractivity contribution in [3.8, 4) is 5.75 Å². The van der Waals surface area contributed by atoms with E-state index in [4.69, 9.17) is 4.74 Å². The van der Waals surface area contributed by atoms with Crippen LogP contribution in [0.5, 0.6) is 5.75 Å². The number of hydrogen-bond donors (Lipinski definition) is 1. The Hall–Kier alpha value is -2.72. The van der Waals surface area contributed by atoms with Crippen LogP contribution >= 0.6 is 0 Å². The average Bonchev–Trinajstić information content (AvgIpc) is 2.92. The summed E-state index contributed by atoms with van der Waals surface area (Å²) in [7, 11) is 4.92. The number of carbonyl (C=O) groups excluding carboxylic acids is 2. The number of benzene rings is 1. The molecule has 0 spiro atoms. The molecule has 10 nitrogen and oxygen atoms in total. The molecule has 1 aromatic rings. The molecule has 1 unspecified atom stereocenters. The van der Waals surface area contributed by atoms with Gasteiger partial charge in [-0.1, -0.05) is 0 Å². The summed E-state index contributed by atoms with van der Waals surface area (Å²) in [6, 6.07) is 3.66. The predicted molar refractivity (Wildman–Crippen MR) is 109 cm³/mol. The predicted octanol–water partition coefficient (Wildman–Crippen LogP) is 1.03. The maximum atomic E-state index is 12.8. The van der Waals surface area contributed by atoms with E-state index in [-0.39, 0.29) is 23.2 Å². The average molecular weight is 407 g/mol. The van der Waals surface area contributed by atoms with Gasteiger partial charge in [0.05, 0.1) is 30.3 Å². The van der Waals surface area contributed by atoms with Crippen LogP contribution in [-0.2, 0) is 9.59 Å². The Morgan fingerprint density at radius 2 is 2.00 bits per heavy atom. The summed E-state index contributed by atoms with van der Waals surface area (Å²) in [5.41, 5.74) is 0.149. The SMILES string of the molecule is COc1ccc([N+](=O)[O-])cc1NC(=O)C(C)N1CCCN(CC(=O)N(C)C)CC1. The summed E-state index contributed by atoms with van der Waals surface area (Å²) in [5, 5.41) is 13.8. The lowest BCUT2D eigenvalue weighted by atomic mass is 10.2. The minimum atomic E-state index is -0.517. The number of nitro benzene ring substituents is 1. The fourth-order valence-corrected chi connectivity index (χ4v) is 3.18. The van der Waals surface area contributed by atoms with Crippen LogP contribution in [0.15, 0.2) is 18.2 Å². The summed E-state index contributed by atoms with van der Waals surface area (Å²) in [4.78, 5) is 40.9. The van der Waals surface area contributed by atoms with Crippen LogP contribution in [-0.4, -0.2) is 91.4 Å². The fraction of sp³-hybridized carbons (Fsp3) is 0.579. The molecule has 160 valence electrons. The summed E-state index contributed by atoms with van der Waals surface area (Å²) in [6.45, 7) is 5.04. The molecule has 0 bridgehead atoms. The van der Waals surface area contributed by atoms with E-state index in [0.29, 0.717) is 25.4 Å². The lowest BCUT2D eigenvalue weighted by Crippen LogP contribution is -2.44. The van der Waals surface area contributed by atoms with Gasteiger partial charge in [-0.3, -0.25) is 29.5 Å². The molecule has 1 aliphatic heterocycles. The second kappa shape index (κ2) is 10.2. The molecule has 0 saturated carbocycles. The molecule has 1 heterocycles. The van der Waals surface area contributed by atoms with E-state index in [1.807, 2.05) is 0 Å². The van der Waals surface area contributed by atoms with Gasteiger partial charge in [-0.15, -0.1) is 0 Å². The Balaban J connectivity index is 2.01. The minimum absolute atomic E-state index is 0.0574. The summed E-state index contributed by atoms with van der Waals surface area (Å²) in [5.74, 6) is 0.156. The van der Waals surface area contributed by atoms with Gasteiger partial charge in [-0.2, -0.15) is 0 Å². The highest BCUT2D eigenvalue weighted by Crippen LogP contribution is 2.29. The number of non-ortho nitro benzene ring substituents is 1. The largest absolute Gasteiger partial charge is 0.495 e. The van der Waals surface area contributed by atoms with Crippen LogP contribution in [0.25, 0.3) is 0 Å². The number of ether oxygens (including phenoxy) is 1. The van der Waals surface area contributed by atoms with Gasteiger partial charge in [-0.05, 0) is 26.0 Å². The second-order valence-corrected chi connectivity index (χ2v) is 7.26. The Kier molecular flexibility index (Phi) is 7.91. The second-order valence-electron chi connectivity index (χ2n) is 7.26. The van der Waals surface area contributed by atoms with E-state index >= 15 is 0 Å². The number of likely N-dealkylation sites (N-methyl/N-ethyl adjacent to an activating group) is 1. The minimum Gasteiger partial charge on any atom is -0.495 e. The molecule has 1 aromatic carbocycles. The number of nitro groups is 1. The van der Waals surface area contributed by atoms with Gasteiger partial charge in [0, 0.05) is 45.9 Å². The standard InChI is InChI=1S/C19H29N5O5/c1-14(23-9-5-8-22(10-11-23)13-18(25)21(2)3)19(26)20-16-12-15(24(27)28)6-7-17(16)29-4/h6-7,12,14H,5,8-11,13H2,1-4H3,(H,20,26). The summed E-state index contributed by atoms with van der Waals surface area (Å²) < 4.78 is 5.20. The van der Waals surface area contributed by atoms with Crippen molar-refractivity contribution in [1.82, 2.24) is 14.7 Å². The van der Waals surface area contributed by atoms with Crippen LogP contribution in [0.3, 0.4) is 0 Å². The third-order valence-electron chi connectivity index (χ3n) is 5.06. The van der Waals surface area contributed by atoms with E-state index in [2.05, 4.69) is 15.1 Å². The zero-order valence-electron chi connectivity index (χ0n) is 17.4. The molecule has 0 radical (unpaired) electrons. The lowest BCUT2D eigenvalue weighted by molar-refractivity contribution is -0.384. The first kappa shape index (κ1) is 22.6. The summed E-state index contributed by atoms with van der Waals surface area (Å²) in [6.07, 6.45) is 0.846. The quantitative estimate of drug-likeness (QED) is 0.531. The van der Waals surface area contributed by atoms with Crippen LogP contribution in [0, 0.1) is 10.1 Å². The molecule has 0 aromatic heterocycles. The smallest absolute Gasteiger partial charge is 0.271 e. The van der Waals surface area contributed by atoms with Crippen molar-refractivity contribution in [2.45, 2.75) is 19.4 Å². The number of nitrogens with one attached hydrogen (secondary N) is 1. The number of anilines is 1. The number of rotatable bonds is 7. The highest BCUT2D eigenvalue weighted by molar-refractivity contribution is 5.96. The Morgan fingerprint density at radius 1 is 1.28 bits per heavy atom. The maximum Gasteiger partial charge on any atom is 0.271 e. The number of methoxy groups -OCH3 is 1. The van der Waals surface area contributed by atoms with Crippen LogP contribution < -0.4 is 10.1 Å². The van der Waals surface area contributed by atoms with Gasteiger partial charge in [0.25, 0.3) is 5.69 Å². The molecular formula is C19H29N5O5. The van der Waals surface area contributed by atoms with E-state index in [0.717, 1.165) is 19.5 Å². The molecule has 1 atom stereocenters.